The van der Waals surface area contributed by atoms with Crippen LogP contribution < -0.4 is 0 Å². The van der Waals surface area contributed by atoms with Crippen molar-refractivity contribution < 1.29 is 14.6 Å². The third kappa shape index (κ3) is 4.37. The molecule has 2 N–H and O–H groups in total. The Balaban J connectivity index is 2.00. The van der Waals surface area contributed by atoms with Crippen LogP contribution >= 0.6 is 0 Å². The summed E-state index contributed by atoms with van der Waals surface area (Å²) in [4.78, 5) is 0. The number of aliphatic hydroxyl groups is 1. The molecule has 1 aromatic carbocycles. The number of benzene rings is 1. The number of phenols is 1. The molecular formula is C19H32O3Si. The molecule has 0 aromatic heterocycles. The maximum absolute atomic E-state index is 10.5. The zero-order valence-electron chi connectivity index (χ0n) is 15.3. The summed E-state index contributed by atoms with van der Waals surface area (Å²) in [5.41, 5.74) is 3.20. The van der Waals surface area contributed by atoms with Gasteiger partial charge in [0.2, 0.25) is 0 Å². The van der Waals surface area contributed by atoms with Crippen LogP contribution in [-0.2, 0) is 23.7 Å². The number of aliphatic hydroxyl groups excluding tert-OH is 1. The standard InChI is InChI=1S/C19H32O3Si/c1-19(2,3)23(4,5)22-13-16(20)12-15-11-10-14-8-6-7-9-17(14)18(15)21/h10-11,16,20-21H,6-9,12-13H2,1-5H3. The van der Waals surface area contributed by atoms with Gasteiger partial charge in [-0.15, -0.1) is 0 Å². The van der Waals surface area contributed by atoms with Crippen molar-refractivity contribution in [2.75, 3.05) is 6.61 Å². The van der Waals surface area contributed by atoms with Crippen molar-refractivity contribution in [3.63, 3.8) is 0 Å². The number of aryl methyl sites for hydroxylation is 1. The average molecular weight is 337 g/mol. The van der Waals surface area contributed by atoms with Gasteiger partial charge in [0.15, 0.2) is 8.32 Å². The smallest absolute Gasteiger partial charge is 0.192 e. The quantitative estimate of drug-likeness (QED) is 0.793. The zero-order chi connectivity index (χ0) is 17.3. The largest absolute Gasteiger partial charge is 0.507 e. The lowest BCUT2D eigenvalue weighted by Gasteiger charge is -2.36. The molecule has 0 radical (unpaired) electrons. The highest BCUT2D eigenvalue weighted by molar-refractivity contribution is 6.74. The monoisotopic (exact) mass is 336 g/mol. The average Bonchev–Trinajstić information content (AvgIpc) is 2.47. The van der Waals surface area contributed by atoms with Crippen LogP contribution in [0, 0.1) is 0 Å². The molecule has 0 fully saturated rings. The van der Waals surface area contributed by atoms with Crippen molar-refractivity contribution in [1.82, 2.24) is 0 Å². The van der Waals surface area contributed by atoms with Gasteiger partial charge in [-0.3, -0.25) is 0 Å². The molecule has 130 valence electrons. The first kappa shape index (κ1) is 18.5. The van der Waals surface area contributed by atoms with Crippen molar-refractivity contribution in [2.24, 2.45) is 0 Å². The van der Waals surface area contributed by atoms with Gasteiger partial charge in [-0.1, -0.05) is 32.9 Å². The Morgan fingerprint density at radius 2 is 1.83 bits per heavy atom. The first-order valence-electron chi connectivity index (χ1n) is 8.76. The molecule has 0 spiro atoms. The van der Waals surface area contributed by atoms with Crippen molar-refractivity contribution >= 4 is 8.32 Å². The van der Waals surface area contributed by atoms with Crippen LogP contribution in [0.25, 0.3) is 0 Å². The van der Waals surface area contributed by atoms with Gasteiger partial charge >= 0.3 is 0 Å². The predicted octanol–water partition coefficient (Wildman–Crippen LogP) is 4.20. The zero-order valence-corrected chi connectivity index (χ0v) is 16.3. The molecule has 23 heavy (non-hydrogen) atoms. The molecule has 2 rings (SSSR count). The number of phenolic OH excluding ortho intramolecular Hbond substituents is 1. The highest BCUT2D eigenvalue weighted by Gasteiger charge is 2.37. The molecule has 0 saturated heterocycles. The summed E-state index contributed by atoms with van der Waals surface area (Å²) in [5, 5.41) is 21.0. The fourth-order valence-corrected chi connectivity index (χ4v) is 3.90. The van der Waals surface area contributed by atoms with Crippen molar-refractivity contribution in [1.29, 1.82) is 0 Å². The Morgan fingerprint density at radius 1 is 1.17 bits per heavy atom. The molecule has 0 aliphatic heterocycles. The number of hydrogen-bond acceptors (Lipinski definition) is 3. The Labute approximate surface area is 141 Å². The first-order chi connectivity index (χ1) is 10.6. The minimum Gasteiger partial charge on any atom is -0.507 e. The van der Waals surface area contributed by atoms with Gasteiger partial charge in [-0.2, -0.15) is 0 Å². The Bertz CT molecular complexity index is 546. The van der Waals surface area contributed by atoms with Gasteiger partial charge < -0.3 is 14.6 Å². The van der Waals surface area contributed by atoms with E-state index in [2.05, 4.69) is 39.9 Å². The van der Waals surface area contributed by atoms with Crippen LogP contribution in [0.1, 0.15) is 50.3 Å². The molecule has 1 aromatic rings. The molecule has 0 heterocycles. The van der Waals surface area contributed by atoms with E-state index in [9.17, 15) is 10.2 Å². The second kappa shape index (κ2) is 6.95. The van der Waals surface area contributed by atoms with Crippen LogP contribution in [0.15, 0.2) is 12.1 Å². The fourth-order valence-electron chi connectivity index (χ4n) is 2.86. The van der Waals surface area contributed by atoms with Crippen LogP contribution in [0.2, 0.25) is 18.1 Å². The van der Waals surface area contributed by atoms with Crippen LogP contribution in [0.5, 0.6) is 5.75 Å². The van der Waals surface area contributed by atoms with Gasteiger partial charge in [-0.05, 0) is 60.5 Å². The van der Waals surface area contributed by atoms with Crippen LogP contribution in [0.3, 0.4) is 0 Å². The second-order valence-electron chi connectivity index (χ2n) is 8.35. The van der Waals surface area contributed by atoms with Gasteiger partial charge in [0.25, 0.3) is 0 Å². The molecule has 0 saturated carbocycles. The SMILES string of the molecule is CC(C)(C)[Si](C)(C)OCC(O)Cc1ccc2c(c1O)CCCC2. The Hall–Kier alpha value is -0.843. The Kier molecular flexibility index (Phi) is 5.59. The van der Waals surface area contributed by atoms with Gasteiger partial charge in [0.05, 0.1) is 12.7 Å². The third-order valence-corrected chi connectivity index (χ3v) is 9.99. The summed E-state index contributed by atoms with van der Waals surface area (Å²) in [6, 6.07) is 4.08. The maximum Gasteiger partial charge on any atom is 0.192 e. The van der Waals surface area contributed by atoms with Crippen LogP contribution in [0.4, 0.5) is 0 Å². The van der Waals surface area contributed by atoms with Gasteiger partial charge in [0, 0.05) is 6.42 Å². The summed E-state index contributed by atoms with van der Waals surface area (Å²) >= 11 is 0. The molecule has 1 atom stereocenters. The van der Waals surface area contributed by atoms with Crippen molar-refractivity contribution in [3.05, 3.63) is 28.8 Å². The van der Waals surface area contributed by atoms with Gasteiger partial charge in [0.1, 0.15) is 5.75 Å². The highest BCUT2D eigenvalue weighted by Crippen LogP contribution is 2.37. The van der Waals surface area contributed by atoms with E-state index in [4.69, 9.17) is 4.43 Å². The lowest BCUT2D eigenvalue weighted by atomic mass is 9.88. The molecule has 1 unspecified atom stereocenters. The molecule has 3 nitrogen and oxygen atoms in total. The maximum atomic E-state index is 10.5. The van der Waals surface area contributed by atoms with E-state index in [1.165, 1.54) is 12.0 Å². The molecule has 1 aliphatic rings. The third-order valence-electron chi connectivity index (χ3n) is 5.48. The van der Waals surface area contributed by atoms with Crippen molar-refractivity contribution in [2.45, 2.75) is 77.1 Å². The molecular weight excluding hydrogens is 304 g/mol. The number of aromatic hydroxyl groups is 1. The van der Waals surface area contributed by atoms with Crippen LogP contribution in [-0.4, -0.2) is 31.2 Å². The van der Waals surface area contributed by atoms with E-state index in [1.54, 1.807) is 0 Å². The lowest BCUT2D eigenvalue weighted by Crippen LogP contribution is -2.42. The second-order valence-corrected chi connectivity index (χ2v) is 13.2. The minimum atomic E-state index is -1.84. The molecule has 4 heteroatoms. The predicted molar refractivity (Wildman–Crippen MR) is 97.6 cm³/mol. The fraction of sp³-hybridized carbons (Fsp3) is 0.684. The number of hydrogen-bond donors (Lipinski definition) is 2. The summed E-state index contributed by atoms with van der Waals surface area (Å²) in [5.74, 6) is 0.397. The molecule has 0 bridgehead atoms. The lowest BCUT2D eigenvalue weighted by molar-refractivity contribution is 0.0995. The van der Waals surface area contributed by atoms with E-state index >= 15 is 0 Å². The van der Waals surface area contributed by atoms with Crippen molar-refractivity contribution in [3.8, 4) is 5.75 Å². The minimum absolute atomic E-state index is 0.140. The highest BCUT2D eigenvalue weighted by atomic mass is 28.4. The van der Waals surface area contributed by atoms with E-state index in [1.807, 2.05) is 6.07 Å². The Morgan fingerprint density at radius 3 is 2.48 bits per heavy atom. The summed E-state index contributed by atoms with van der Waals surface area (Å²) in [6.45, 7) is 11.3. The molecule has 0 amide bonds. The number of rotatable bonds is 5. The summed E-state index contributed by atoms with van der Waals surface area (Å²) in [7, 11) is -1.84. The van der Waals surface area contributed by atoms with E-state index < -0.39 is 14.4 Å². The van der Waals surface area contributed by atoms with E-state index in [0.29, 0.717) is 18.8 Å². The topological polar surface area (TPSA) is 49.7 Å². The summed E-state index contributed by atoms with van der Waals surface area (Å²) in [6.07, 6.45) is 4.23. The number of fused-ring (bicyclic) bond motifs is 1. The first-order valence-corrected chi connectivity index (χ1v) is 11.7. The van der Waals surface area contributed by atoms with Gasteiger partial charge in [-0.25, -0.2) is 0 Å². The normalized spacial score (nSPS) is 17.0. The van der Waals surface area contributed by atoms with E-state index in [-0.39, 0.29) is 5.04 Å². The molecule has 1 aliphatic carbocycles. The van der Waals surface area contributed by atoms with E-state index in [0.717, 1.165) is 30.4 Å². The summed E-state index contributed by atoms with van der Waals surface area (Å²) < 4.78 is 6.09.